The summed E-state index contributed by atoms with van der Waals surface area (Å²) in [6, 6.07) is 20.8. The summed E-state index contributed by atoms with van der Waals surface area (Å²) in [5.41, 5.74) is 4.67. The van der Waals surface area contributed by atoms with Crippen molar-refractivity contribution in [3.63, 3.8) is 0 Å². The Morgan fingerprint density at radius 2 is 1.52 bits per heavy atom. The second-order valence-electron chi connectivity index (χ2n) is 7.37. The van der Waals surface area contributed by atoms with Crippen molar-refractivity contribution in [1.82, 2.24) is 4.90 Å². The first-order valence-corrected chi connectivity index (χ1v) is 9.23. The Morgan fingerprint density at radius 3 is 2.17 bits per heavy atom. The number of rotatable bonds is 6. The summed E-state index contributed by atoms with van der Waals surface area (Å²) in [6.45, 7) is 2.43. The lowest BCUT2D eigenvalue weighted by Crippen LogP contribution is -2.46. The highest BCUT2D eigenvalue weighted by molar-refractivity contribution is 5.31. The van der Waals surface area contributed by atoms with Crippen LogP contribution in [0, 0.1) is 5.92 Å². The summed E-state index contributed by atoms with van der Waals surface area (Å²) in [7, 11) is 0. The molecule has 4 rings (SSSR count). The molecule has 1 heteroatoms. The molecule has 0 N–H and O–H groups in total. The van der Waals surface area contributed by atoms with E-state index in [1.54, 1.807) is 11.1 Å². The third-order valence-electron chi connectivity index (χ3n) is 5.78. The van der Waals surface area contributed by atoms with Crippen molar-refractivity contribution in [2.24, 2.45) is 5.92 Å². The van der Waals surface area contributed by atoms with Crippen molar-refractivity contribution >= 4 is 0 Å². The normalized spacial score (nSPS) is 21.1. The van der Waals surface area contributed by atoms with E-state index in [-0.39, 0.29) is 0 Å². The van der Waals surface area contributed by atoms with E-state index in [1.807, 2.05) is 0 Å². The third kappa shape index (κ3) is 3.50. The molecule has 1 fully saturated rings. The maximum absolute atomic E-state index is 2.67. The van der Waals surface area contributed by atoms with Gasteiger partial charge >= 0.3 is 0 Å². The fourth-order valence-corrected chi connectivity index (χ4v) is 4.34. The van der Waals surface area contributed by atoms with Gasteiger partial charge in [0.05, 0.1) is 0 Å². The van der Waals surface area contributed by atoms with Gasteiger partial charge in [0.1, 0.15) is 0 Å². The van der Waals surface area contributed by atoms with E-state index in [4.69, 9.17) is 0 Å². The molecule has 1 aliphatic heterocycles. The van der Waals surface area contributed by atoms with Crippen LogP contribution in [0.4, 0.5) is 0 Å². The van der Waals surface area contributed by atoms with Crippen molar-refractivity contribution in [3.05, 3.63) is 71.3 Å². The fourth-order valence-electron chi connectivity index (χ4n) is 4.34. The van der Waals surface area contributed by atoms with Gasteiger partial charge in [-0.25, -0.2) is 0 Å². The van der Waals surface area contributed by atoms with Gasteiger partial charge in [-0.05, 0) is 54.7 Å². The molecular formula is C22H27N. The van der Waals surface area contributed by atoms with E-state index in [0.29, 0.717) is 0 Å². The monoisotopic (exact) mass is 305 g/mol. The van der Waals surface area contributed by atoms with Gasteiger partial charge in [-0.1, -0.05) is 61.0 Å². The molecule has 0 radical (unpaired) electrons. The Kier molecular flexibility index (Phi) is 4.48. The molecule has 1 atom stereocenters. The van der Waals surface area contributed by atoms with Crippen molar-refractivity contribution in [3.8, 4) is 0 Å². The number of hydrogen-bond acceptors (Lipinski definition) is 1. The smallest absolute Gasteiger partial charge is 0.0236 e. The summed E-state index contributed by atoms with van der Waals surface area (Å²) >= 11 is 0. The second-order valence-corrected chi connectivity index (χ2v) is 7.37. The molecule has 120 valence electrons. The van der Waals surface area contributed by atoms with Gasteiger partial charge in [0.15, 0.2) is 0 Å². The molecule has 1 nitrogen and oxygen atoms in total. The molecule has 0 amide bonds. The molecule has 1 unspecified atom stereocenters. The van der Waals surface area contributed by atoms with Gasteiger partial charge in [-0.3, -0.25) is 4.90 Å². The van der Waals surface area contributed by atoms with Crippen LogP contribution in [-0.2, 0) is 19.4 Å². The maximum Gasteiger partial charge on any atom is 0.0236 e. The van der Waals surface area contributed by atoms with Crippen molar-refractivity contribution in [1.29, 1.82) is 0 Å². The van der Waals surface area contributed by atoms with Crippen molar-refractivity contribution < 1.29 is 0 Å². The molecule has 0 bridgehead atoms. The lowest BCUT2D eigenvalue weighted by atomic mass is 9.92. The fraction of sp³-hybridized carbons (Fsp3) is 0.455. The zero-order valence-electron chi connectivity index (χ0n) is 14.0. The van der Waals surface area contributed by atoms with Gasteiger partial charge < -0.3 is 0 Å². The standard InChI is InChI=1S/C22H27N/c1-2-7-18(8-3-1)17-23-14-13-22(23)12-6-9-19-15-20-10-4-5-11-21(20)16-19/h1-5,7-8,10-11,19,22H,6,9,12-17H2. The molecule has 1 heterocycles. The average Bonchev–Trinajstić information content (AvgIpc) is 2.99. The molecule has 1 saturated heterocycles. The van der Waals surface area contributed by atoms with Gasteiger partial charge in [0.25, 0.3) is 0 Å². The lowest BCUT2D eigenvalue weighted by Gasteiger charge is -2.41. The van der Waals surface area contributed by atoms with Gasteiger partial charge in [-0.15, -0.1) is 0 Å². The Hall–Kier alpha value is -1.60. The summed E-state index contributed by atoms with van der Waals surface area (Å²) in [6.07, 6.45) is 8.22. The summed E-state index contributed by atoms with van der Waals surface area (Å²) < 4.78 is 0. The maximum atomic E-state index is 2.67. The third-order valence-corrected chi connectivity index (χ3v) is 5.78. The average molecular weight is 305 g/mol. The van der Waals surface area contributed by atoms with Crippen LogP contribution in [0.1, 0.15) is 42.4 Å². The first-order valence-electron chi connectivity index (χ1n) is 9.23. The highest BCUT2D eigenvalue weighted by atomic mass is 15.2. The van der Waals surface area contributed by atoms with Crippen LogP contribution in [0.15, 0.2) is 54.6 Å². The van der Waals surface area contributed by atoms with Gasteiger partial charge in [-0.2, -0.15) is 0 Å². The Bertz CT molecular complexity index is 608. The van der Waals surface area contributed by atoms with E-state index in [9.17, 15) is 0 Å². The van der Waals surface area contributed by atoms with Crippen LogP contribution >= 0.6 is 0 Å². The van der Waals surface area contributed by atoms with E-state index in [1.165, 1.54) is 50.6 Å². The first-order chi connectivity index (χ1) is 11.4. The Balaban J connectivity index is 1.20. The number of likely N-dealkylation sites (tertiary alicyclic amines) is 1. The van der Waals surface area contributed by atoms with Crippen LogP contribution < -0.4 is 0 Å². The van der Waals surface area contributed by atoms with E-state index in [0.717, 1.165) is 18.5 Å². The lowest BCUT2D eigenvalue weighted by molar-refractivity contribution is 0.0724. The van der Waals surface area contributed by atoms with Gasteiger partial charge in [0, 0.05) is 19.1 Å². The number of benzene rings is 2. The molecule has 2 aliphatic rings. The summed E-state index contributed by atoms with van der Waals surface area (Å²) in [5, 5.41) is 0. The number of hydrogen-bond donors (Lipinski definition) is 0. The topological polar surface area (TPSA) is 3.24 Å². The second kappa shape index (κ2) is 6.88. The summed E-state index contributed by atoms with van der Waals surface area (Å²) in [5.74, 6) is 0.898. The predicted molar refractivity (Wildman–Crippen MR) is 96.4 cm³/mol. The largest absolute Gasteiger partial charge is 0.296 e. The first kappa shape index (κ1) is 15.0. The van der Waals surface area contributed by atoms with Crippen LogP contribution in [0.5, 0.6) is 0 Å². The Labute approximate surface area is 140 Å². The molecule has 0 spiro atoms. The van der Waals surface area contributed by atoms with Gasteiger partial charge in [0.2, 0.25) is 0 Å². The van der Waals surface area contributed by atoms with Crippen molar-refractivity contribution in [2.75, 3.05) is 6.54 Å². The highest BCUT2D eigenvalue weighted by Gasteiger charge is 2.28. The minimum absolute atomic E-state index is 0.832. The van der Waals surface area contributed by atoms with Crippen LogP contribution in [-0.4, -0.2) is 17.5 Å². The molecule has 0 saturated carbocycles. The minimum atomic E-state index is 0.832. The molecule has 1 aliphatic carbocycles. The highest BCUT2D eigenvalue weighted by Crippen LogP contribution is 2.31. The minimum Gasteiger partial charge on any atom is -0.296 e. The van der Waals surface area contributed by atoms with Crippen molar-refractivity contribution in [2.45, 2.75) is 51.1 Å². The SMILES string of the molecule is c1ccc(CN2CCC2CCCC2Cc3ccccc3C2)cc1. The number of fused-ring (bicyclic) bond motifs is 1. The Morgan fingerprint density at radius 1 is 0.826 bits per heavy atom. The van der Waals surface area contributed by atoms with E-state index < -0.39 is 0 Å². The van der Waals surface area contributed by atoms with E-state index >= 15 is 0 Å². The summed E-state index contributed by atoms with van der Waals surface area (Å²) in [4.78, 5) is 2.67. The molecule has 2 aromatic rings. The zero-order chi connectivity index (χ0) is 15.5. The van der Waals surface area contributed by atoms with Crippen LogP contribution in [0.25, 0.3) is 0 Å². The molecular weight excluding hydrogens is 278 g/mol. The number of nitrogens with zero attached hydrogens (tertiary/aromatic N) is 1. The molecule has 0 aromatic heterocycles. The quantitative estimate of drug-likeness (QED) is 0.737. The van der Waals surface area contributed by atoms with Crippen LogP contribution in [0.3, 0.4) is 0 Å². The molecule has 2 aromatic carbocycles. The molecule has 23 heavy (non-hydrogen) atoms. The van der Waals surface area contributed by atoms with Crippen LogP contribution in [0.2, 0.25) is 0 Å². The zero-order valence-corrected chi connectivity index (χ0v) is 14.0. The predicted octanol–water partition coefficient (Wildman–Crippen LogP) is 4.85. The van der Waals surface area contributed by atoms with E-state index in [2.05, 4.69) is 59.5 Å².